The van der Waals surface area contributed by atoms with Crippen LogP contribution in [-0.4, -0.2) is 17.2 Å². The number of nitrogens with one attached hydrogen (secondary N) is 1. The van der Waals surface area contributed by atoms with Crippen LogP contribution in [-0.2, 0) is 6.54 Å². The molecule has 0 bridgehead atoms. The third-order valence-electron chi connectivity index (χ3n) is 4.08. The molecule has 0 aliphatic carbocycles. The number of pyridine rings is 1. The van der Waals surface area contributed by atoms with Crippen LogP contribution in [0.5, 0.6) is 0 Å². The zero-order valence-electron chi connectivity index (χ0n) is 12.6. The van der Waals surface area contributed by atoms with Crippen LogP contribution in [0.25, 0.3) is 10.9 Å². The van der Waals surface area contributed by atoms with Gasteiger partial charge in [0.2, 0.25) is 0 Å². The first-order valence-electron chi connectivity index (χ1n) is 7.49. The van der Waals surface area contributed by atoms with Gasteiger partial charge in [-0.2, -0.15) is 0 Å². The topological polar surface area (TPSA) is 34.0 Å². The molecule has 2 rings (SSSR count). The molecule has 108 valence electrons. The van der Waals surface area contributed by atoms with Gasteiger partial charge < -0.3 is 9.88 Å². The SMILES string of the molecule is CCNC(Cn1ccc(=O)c2ccccc21)C(C)CC. The predicted molar refractivity (Wildman–Crippen MR) is 85.1 cm³/mol. The molecule has 1 heterocycles. The van der Waals surface area contributed by atoms with Crippen molar-refractivity contribution < 1.29 is 0 Å². The Bertz CT molecular complexity index is 618. The minimum atomic E-state index is 0.0976. The van der Waals surface area contributed by atoms with Crippen LogP contribution in [0.3, 0.4) is 0 Å². The average Bonchev–Trinajstić information content (AvgIpc) is 2.49. The second-order valence-corrected chi connectivity index (χ2v) is 5.40. The third-order valence-corrected chi connectivity index (χ3v) is 4.08. The van der Waals surface area contributed by atoms with E-state index in [0.29, 0.717) is 12.0 Å². The maximum Gasteiger partial charge on any atom is 0.189 e. The van der Waals surface area contributed by atoms with Crippen LogP contribution >= 0.6 is 0 Å². The summed E-state index contributed by atoms with van der Waals surface area (Å²) in [5.41, 5.74) is 1.12. The van der Waals surface area contributed by atoms with Crippen LogP contribution in [0.2, 0.25) is 0 Å². The number of likely N-dealkylation sites (N-methyl/N-ethyl adjacent to an activating group) is 1. The van der Waals surface area contributed by atoms with Crippen molar-refractivity contribution >= 4 is 10.9 Å². The summed E-state index contributed by atoms with van der Waals surface area (Å²) in [5.74, 6) is 0.605. The molecular weight excluding hydrogens is 248 g/mol. The minimum absolute atomic E-state index is 0.0976. The van der Waals surface area contributed by atoms with Crippen molar-refractivity contribution in [2.75, 3.05) is 6.54 Å². The maximum absolute atomic E-state index is 11.9. The highest BCUT2D eigenvalue weighted by molar-refractivity contribution is 5.78. The molecule has 1 N–H and O–H groups in total. The number of fused-ring (bicyclic) bond motifs is 1. The highest BCUT2D eigenvalue weighted by Crippen LogP contribution is 2.14. The first kappa shape index (κ1) is 14.8. The Morgan fingerprint density at radius 2 is 1.95 bits per heavy atom. The van der Waals surface area contributed by atoms with Crippen LogP contribution in [0.1, 0.15) is 27.2 Å². The maximum atomic E-state index is 11.9. The van der Waals surface area contributed by atoms with E-state index < -0.39 is 0 Å². The van der Waals surface area contributed by atoms with Gasteiger partial charge >= 0.3 is 0 Å². The lowest BCUT2D eigenvalue weighted by atomic mass is 9.98. The van der Waals surface area contributed by atoms with Gasteiger partial charge in [-0.15, -0.1) is 0 Å². The lowest BCUT2D eigenvalue weighted by Gasteiger charge is -2.25. The standard InChI is InChI=1S/C17H24N2O/c1-4-13(3)15(18-5-2)12-19-11-10-17(20)14-8-6-7-9-16(14)19/h6-11,13,15,18H,4-5,12H2,1-3H3. The average molecular weight is 272 g/mol. The number of nitrogens with zero attached hydrogens (tertiary/aromatic N) is 1. The van der Waals surface area contributed by atoms with E-state index in [1.54, 1.807) is 6.07 Å². The van der Waals surface area contributed by atoms with E-state index in [1.807, 2.05) is 30.5 Å². The van der Waals surface area contributed by atoms with Crippen molar-refractivity contribution in [2.45, 2.75) is 39.8 Å². The van der Waals surface area contributed by atoms with Crippen molar-refractivity contribution in [3.8, 4) is 0 Å². The Kier molecular flexibility index (Phi) is 4.96. The lowest BCUT2D eigenvalue weighted by Crippen LogP contribution is -2.38. The van der Waals surface area contributed by atoms with E-state index >= 15 is 0 Å². The number of rotatable bonds is 6. The molecule has 0 aliphatic heterocycles. The first-order valence-corrected chi connectivity index (χ1v) is 7.49. The number of aromatic nitrogens is 1. The Balaban J connectivity index is 2.37. The van der Waals surface area contributed by atoms with Crippen LogP contribution in [0, 0.1) is 5.92 Å². The number of hydrogen-bond acceptors (Lipinski definition) is 2. The highest BCUT2D eigenvalue weighted by atomic mass is 16.1. The molecular formula is C17H24N2O. The van der Waals surface area contributed by atoms with Crippen molar-refractivity contribution in [3.63, 3.8) is 0 Å². The monoisotopic (exact) mass is 272 g/mol. The quantitative estimate of drug-likeness (QED) is 0.877. The molecule has 20 heavy (non-hydrogen) atoms. The Morgan fingerprint density at radius 1 is 1.20 bits per heavy atom. The zero-order valence-corrected chi connectivity index (χ0v) is 12.6. The Hall–Kier alpha value is -1.61. The van der Waals surface area contributed by atoms with E-state index in [4.69, 9.17) is 0 Å². The predicted octanol–water partition coefficient (Wildman–Crippen LogP) is 3.03. The molecule has 1 aromatic carbocycles. The fraction of sp³-hybridized carbons (Fsp3) is 0.471. The molecule has 3 heteroatoms. The molecule has 2 aromatic rings. The summed E-state index contributed by atoms with van der Waals surface area (Å²) in [4.78, 5) is 11.9. The number of benzene rings is 1. The molecule has 0 amide bonds. The largest absolute Gasteiger partial charge is 0.346 e. The van der Waals surface area contributed by atoms with Gasteiger partial charge in [0.25, 0.3) is 0 Å². The molecule has 0 spiro atoms. The number of hydrogen-bond donors (Lipinski definition) is 1. The van der Waals surface area contributed by atoms with E-state index in [-0.39, 0.29) is 5.43 Å². The summed E-state index contributed by atoms with van der Waals surface area (Å²) in [6.07, 6.45) is 3.06. The fourth-order valence-electron chi connectivity index (χ4n) is 2.62. The van der Waals surface area contributed by atoms with Gasteiger partial charge in [0.15, 0.2) is 5.43 Å². The summed E-state index contributed by atoms with van der Waals surface area (Å²) in [6.45, 7) is 8.49. The van der Waals surface area contributed by atoms with E-state index in [2.05, 4.69) is 30.7 Å². The van der Waals surface area contributed by atoms with Gasteiger partial charge in [-0.25, -0.2) is 0 Å². The molecule has 0 fully saturated rings. The van der Waals surface area contributed by atoms with E-state index in [9.17, 15) is 4.79 Å². The normalized spacial score (nSPS) is 14.3. The summed E-state index contributed by atoms with van der Waals surface area (Å²) < 4.78 is 2.19. The van der Waals surface area contributed by atoms with Crippen LogP contribution in [0.4, 0.5) is 0 Å². The number of para-hydroxylation sites is 1. The summed E-state index contributed by atoms with van der Waals surface area (Å²) >= 11 is 0. The molecule has 2 atom stereocenters. The third kappa shape index (κ3) is 3.10. The van der Waals surface area contributed by atoms with Gasteiger partial charge in [-0.05, 0) is 24.6 Å². The van der Waals surface area contributed by atoms with Crippen molar-refractivity contribution in [2.24, 2.45) is 5.92 Å². The molecule has 1 aromatic heterocycles. The molecule has 0 saturated carbocycles. The molecule has 3 nitrogen and oxygen atoms in total. The second-order valence-electron chi connectivity index (χ2n) is 5.40. The first-order chi connectivity index (χ1) is 9.67. The molecule has 0 radical (unpaired) electrons. The van der Waals surface area contributed by atoms with E-state index in [1.165, 1.54) is 0 Å². The fourth-order valence-corrected chi connectivity index (χ4v) is 2.62. The summed E-state index contributed by atoms with van der Waals surface area (Å²) in [6, 6.07) is 9.93. The Labute approximate surface area is 120 Å². The van der Waals surface area contributed by atoms with Crippen LogP contribution in [0.15, 0.2) is 41.3 Å². The minimum Gasteiger partial charge on any atom is -0.346 e. The highest BCUT2D eigenvalue weighted by Gasteiger charge is 2.15. The smallest absolute Gasteiger partial charge is 0.189 e. The summed E-state index contributed by atoms with van der Waals surface area (Å²) in [5, 5.41) is 4.36. The van der Waals surface area contributed by atoms with Gasteiger partial charge in [-0.3, -0.25) is 4.79 Å². The van der Waals surface area contributed by atoms with Crippen molar-refractivity contribution in [1.29, 1.82) is 0 Å². The lowest BCUT2D eigenvalue weighted by molar-refractivity contribution is 0.337. The van der Waals surface area contributed by atoms with Gasteiger partial charge in [0.1, 0.15) is 0 Å². The van der Waals surface area contributed by atoms with Gasteiger partial charge in [0.05, 0.1) is 5.52 Å². The molecule has 0 aliphatic rings. The van der Waals surface area contributed by atoms with Gasteiger partial charge in [0, 0.05) is 30.2 Å². The van der Waals surface area contributed by atoms with Gasteiger partial charge in [-0.1, -0.05) is 39.3 Å². The van der Waals surface area contributed by atoms with Crippen molar-refractivity contribution in [1.82, 2.24) is 9.88 Å². The van der Waals surface area contributed by atoms with Crippen molar-refractivity contribution in [3.05, 3.63) is 46.8 Å². The molecule has 2 unspecified atom stereocenters. The zero-order chi connectivity index (χ0) is 14.5. The summed E-state index contributed by atoms with van der Waals surface area (Å²) in [7, 11) is 0. The molecule has 0 saturated heterocycles. The van der Waals surface area contributed by atoms with Crippen LogP contribution < -0.4 is 10.7 Å². The van der Waals surface area contributed by atoms with E-state index in [0.717, 1.165) is 30.4 Å². The second kappa shape index (κ2) is 6.71. The Morgan fingerprint density at radius 3 is 2.65 bits per heavy atom.